The minimum atomic E-state index is -3.18. The fraction of sp³-hybridized carbons (Fsp3) is 0.278. The van der Waals surface area contributed by atoms with Gasteiger partial charge in [-0.2, -0.15) is 0 Å². The third-order valence-corrected chi connectivity index (χ3v) is 7.35. The van der Waals surface area contributed by atoms with Crippen molar-refractivity contribution >= 4 is 37.3 Å². The summed E-state index contributed by atoms with van der Waals surface area (Å²) in [5, 5.41) is 2.31. The number of amides is 1. The maximum absolute atomic E-state index is 12.9. The van der Waals surface area contributed by atoms with Crippen LogP contribution in [0.1, 0.15) is 12.0 Å². The number of nitrogens with zero attached hydrogens (tertiary/aromatic N) is 2. The summed E-state index contributed by atoms with van der Waals surface area (Å²) in [6.07, 6.45) is 1.53. The third kappa shape index (κ3) is 3.40. The van der Waals surface area contributed by atoms with Crippen molar-refractivity contribution in [2.45, 2.75) is 13.3 Å². The van der Waals surface area contributed by atoms with Gasteiger partial charge in [0.05, 0.1) is 22.8 Å². The van der Waals surface area contributed by atoms with Gasteiger partial charge < -0.3 is 0 Å². The molecule has 1 fully saturated rings. The van der Waals surface area contributed by atoms with Gasteiger partial charge in [-0.25, -0.2) is 18.1 Å². The molecule has 0 bridgehead atoms. The summed E-state index contributed by atoms with van der Waals surface area (Å²) in [5.74, 6) is -1.31. The first-order valence-electron chi connectivity index (χ1n) is 8.41. The highest BCUT2D eigenvalue weighted by Gasteiger charge is 2.33. The first-order valence-corrected chi connectivity index (χ1v) is 11.1. The van der Waals surface area contributed by atoms with Crippen molar-refractivity contribution in [1.29, 1.82) is 0 Å². The maximum Gasteiger partial charge on any atom is 0.281 e. The Morgan fingerprint density at radius 1 is 1.30 bits per heavy atom. The molecule has 1 saturated heterocycles. The monoisotopic (exact) mass is 403 g/mol. The van der Waals surface area contributed by atoms with Crippen LogP contribution in [0.2, 0.25) is 0 Å². The number of hydrogen-bond acceptors (Lipinski definition) is 6. The van der Waals surface area contributed by atoms with Crippen LogP contribution in [-0.4, -0.2) is 35.5 Å². The summed E-state index contributed by atoms with van der Waals surface area (Å²) in [6.45, 7) is 1.99. The van der Waals surface area contributed by atoms with Crippen LogP contribution in [-0.2, 0) is 14.6 Å². The number of aromatic nitrogens is 2. The number of thiophene rings is 1. The molecular weight excluding hydrogens is 386 g/mol. The zero-order chi connectivity index (χ0) is 19.2. The summed E-state index contributed by atoms with van der Waals surface area (Å²) >= 11 is 1.36. The summed E-state index contributed by atoms with van der Waals surface area (Å²) < 4.78 is 24.2. The molecule has 2 aromatic heterocycles. The Bertz CT molecular complexity index is 1190. The molecule has 9 heteroatoms. The van der Waals surface area contributed by atoms with Crippen LogP contribution < -0.4 is 11.0 Å². The predicted molar refractivity (Wildman–Crippen MR) is 105 cm³/mol. The molecule has 0 unspecified atom stereocenters. The molecule has 0 saturated carbocycles. The Hall–Kier alpha value is -2.52. The molecule has 0 aliphatic carbocycles. The highest BCUT2D eigenvalue weighted by molar-refractivity contribution is 7.91. The van der Waals surface area contributed by atoms with Gasteiger partial charge in [-0.15, -0.1) is 11.3 Å². The van der Waals surface area contributed by atoms with Gasteiger partial charge in [0.2, 0.25) is 5.91 Å². The first-order chi connectivity index (χ1) is 12.8. The smallest absolute Gasteiger partial charge is 0.273 e. The van der Waals surface area contributed by atoms with E-state index in [1.165, 1.54) is 17.7 Å². The topological polar surface area (TPSA) is 98.1 Å². The van der Waals surface area contributed by atoms with Gasteiger partial charge in [-0.05, 0) is 18.9 Å². The Labute approximate surface area is 159 Å². The lowest BCUT2D eigenvalue weighted by molar-refractivity contribution is -0.120. The van der Waals surface area contributed by atoms with Gasteiger partial charge in [0, 0.05) is 10.9 Å². The van der Waals surface area contributed by atoms with E-state index in [0.29, 0.717) is 10.2 Å². The van der Waals surface area contributed by atoms with E-state index in [9.17, 15) is 18.0 Å². The van der Waals surface area contributed by atoms with E-state index in [2.05, 4.69) is 10.4 Å². The second kappa shape index (κ2) is 6.58. The van der Waals surface area contributed by atoms with E-state index < -0.39 is 21.7 Å². The maximum atomic E-state index is 12.9. The molecule has 7 nitrogen and oxygen atoms in total. The molecule has 1 atom stereocenters. The standard InChI is InChI=1S/C18H17N3O4S2/c1-11-2-4-12(5-3-11)14-8-26-17-15(14)18(23)21(10-19-17)20-16(22)13-6-7-27(24,25)9-13/h2-5,8,10,13H,6-7,9H2,1H3,(H,20,22)/t13-/m0/s1. The summed E-state index contributed by atoms with van der Waals surface area (Å²) in [6, 6.07) is 7.82. The second-order valence-electron chi connectivity index (χ2n) is 6.69. The largest absolute Gasteiger partial charge is 0.281 e. The molecule has 140 valence electrons. The molecule has 3 heterocycles. The molecule has 1 aliphatic rings. The fourth-order valence-electron chi connectivity index (χ4n) is 3.17. The van der Waals surface area contributed by atoms with Crippen molar-refractivity contribution in [3.05, 3.63) is 51.9 Å². The van der Waals surface area contributed by atoms with E-state index in [1.54, 1.807) is 0 Å². The minimum Gasteiger partial charge on any atom is -0.273 e. The number of rotatable bonds is 3. The lowest BCUT2D eigenvalue weighted by Gasteiger charge is -2.11. The van der Waals surface area contributed by atoms with E-state index in [1.807, 2.05) is 36.6 Å². The number of sulfone groups is 1. The van der Waals surface area contributed by atoms with Crippen LogP contribution in [0.4, 0.5) is 0 Å². The molecule has 0 radical (unpaired) electrons. The van der Waals surface area contributed by atoms with E-state index in [0.717, 1.165) is 21.4 Å². The number of carbonyl (C=O) groups is 1. The lowest BCUT2D eigenvalue weighted by Crippen LogP contribution is -2.37. The zero-order valence-corrected chi connectivity index (χ0v) is 16.1. The van der Waals surface area contributed by atoms with Crippen LogP contribution in [0.3, 0.4) is 0 Å². The number of carbonyl (C=O) groups excluding carboxylic acids is 1. The van der Waals surface area contributed by atoms with Crippen LogP contribution in [0.15, 0.2) is 40.8 Å². The fourth-order valence-corrected chi connectivity index (χ4v) is 5.82. The van der Waals surface area contributed by atoms with Gasteiger partial charge in [0.1, 0.15) is 11.2 Å². The van der Waals surface area contributed by atoms with E-state index in [4.69, 9.17) is 0 Å². The minimum absolute atomic E-state index is 0.000622. The molecular formula is C18H17N3O4S2. The Balaban J connectivity index is 1.70. The molecule has 0 spiro atoms. The van der Waals surface area contributed by atoms with Crippen LogP contribution in [0.5, 0.6) is 0 Å². The predicted octanol–water partition coefficient (Wildman–Crippen LogP) is 1.94. The van der Waals surface area contributed by atoms with E-state index >= 15 is 0 Å². The highest BCUT2D eigenvalue weighted by Crippen LogP contribution is 2.30. The molecule has 27 heavy (non-hydrogen) atoms. The average molecular weight is 403 g/mol. The number of benzene rings is 1. The summed E-state index contributed by atoms with van der Waals surface area (Å²) in [4.78, 5) is 30.1. The van der Waals surface area contributed by atoms with Crippen molar-refractivity contribution in [3.63, 3.8) is 0 Å². The molecule has 1 amide bonds. The molecule has 1 N–H and O–H groups in total. The van der Waals surface area contributed by atoms with Gasteiger partial charge in [0.25, 0.3) is 5.56 Å². The lowest BCUT2D eigenvalue weighted by atomic mass is 10.1. The normalized spacial score (nSPS) is 18.6. The van der Waals surface area contributed by atoms with Gasteiger partial charge >= 0.3 is 0 Å². The van der Waals surface area contributed by atoms with Crippen molar-refractivity contribution in [1.82, 2.24) is 9.66 Å². The molecule has 1 aliphatic heterocycles. The van der Waals surface area contributed by atoms with Crippen LogP contribution in [0, 0.1) is 12.8 Å². The van der Waals surface area contributed by atoms with Crippen molar-refractivity contribution in [2.24, 2.45) is 5.92 Å². The Kier molecular flexibility index (Phi) is 4.35. The number of fused-ring (bicyclic) bond motifs is 1. The number of aryl methyl sites for hydroxylation is 1. The zero-order valence-electron chi connectivity index (χ0n) is 14.5. The third-order valence-electron chi connectivity index (χ3n) is 4.69. The molecule has 4 rings (SSSR count). The van der Waals surface area contributed by atoms with Crippen molar-refractivity contribution in [2.75, 3.05) is 16.9 Å². The molecule has 1 aromatic carbocycles. The van der Waals surface area contributed by atoms with Gasteiger partial charge in [-0.1, -0.05) is 29.8 Å². The van der Waals surface area contributed by atoms with Crippen molar-refractivity contribution in [3.8, 4) is 11.1 Å². The first kappa shape index (κ1) is 17.9. The Morgan fingerprint density at radius 2 is 2.04 bits per heavy atom. The van der Waals surface area contributed by atoms with Crippen LogP contribution >= 0.6 is 11.3 Å². The van der Waals surface area contributed by atoms with Crippen molar-refractivity contribution < 1.29 is 13.2 Å². The average Bonchev–Trinajstić information content (AvgIpc) is 3.22. The highest BCUT2D eigenvalue weighted by atomic mass is 32.2. The Morgan fingerprint density at radius 3 is 2.70 bits per heavy atom. The number of nitrogens with one attached hydrogen (secondary N) is 1. The second-order valence-corrected chi connectivity index (χ2v) is 9.78. The number of hydrogen-bond donors (Lipinski definition) is 1. The SMILES string of the molecule is Cc1ccc(-c2csc3ncn(NC(=O)[C@H]4CCS(=O)(=O)C4)c(=O)c23)cc1. The quantitative estimate of drug-likeness (QED) is 0.721. The molecule has 3 aromatic rings. The summed E-state index contributed by atoms with van der Waals surface area (Å²) in [7, 11) is -3.18. The van der Waals surface area contributed by atoms with Gasteiger partial charge in [0.15, 0.2) is 9.84 Å². The van der Waals surface area contributed by atoms with Crippen LogP contribution in [0.25, 0.3) is 21.3 Å². The summed E-state index contributed by atoms with van der Waals surface area (Å²) in [5.41, 5.74) is 4.90. The van der Waals surface area contributed by atoms with E-state index in [-0.39, 0.29) is 23.5 Å². The van der Waals surface area contributed by atoms with Gasteiger partial charge in [-0.3, -0.25) is 15.0 Å².